The average Bonchev–Trinajstić information content (AvgIpc) is 3.13. The van der Waals surface area contributed by atoms with Gasteiger partial charge in [0.25, 0.3) is 11.8 Å². The van der Waals surface area contributed by atoms with Crippen molar-refractivity contribution in [3.63, 3.8) is 0 Å². The molecule has 1 fully saturated rings. The van der Waals surface area contributed by atoms with Gasteiger partial charge in [-0.1, -0.05) is 24.3 Å². The second-order valence-electron chi connectivity index (χ2n) is 7.05. The third-order valence-corrected chi connectivity index (χ3v) is 5.32. The van der Waals surface area contributed by atoms with E-state index in [1.807, 2.05) is 42.3 Å². The van der Waals surface area contributed by atoms with Gasteiger partial charge in [0.15, 0.2) is 0 Å². The summed E-state index contributed by atoms with van der Waals surface area (Å²) in [6, 6.07) is 13.2. The van der Waals surface area contributed by atoms with Crippen LogP contribution in [-0.4, -0.2) is 62.8 Å². The number of fused-ring (bicyclic) bond motifs is 1. The van der Waals surface area contributed by atoms with Crippen LogP contribution in [0.15, 0.2) is 42.5 Å². The van der Waals surface area contributed by atoms with Crippen molar-refractivity contribution in [1.29, 1.82) is 0 Å². The van der Waals surface area contributed by atoms with Gasteiger partial charge in [-0.3, -0.25) is 9.59 Å². The molecule has 0 aliphatic carbocycles. The molecule has 1 aliphatic rings. The predicted molar refractivity (Wildman–Crippen MR) is 106 cm³/mol. The fraction of sp³-hybridized carbons (Fsp3) is 0.333. The minimum absolute atomic E-state index is 0.0238. The summed E-state index contributed by atoms with van der Waals surface area (Å²) in [4.78, 5) is 29.1. The molecule has 7 heteroatoms. The molecule has 2 aromatic carbocycles. The maximum atomic E-state index is 12.8. The number of hydrogen-bond donors (Lipinski definition) is 0. The van der Waals surface area contributed by atoms with Crippen LogP contribution in [0.3, 0.4) is 0 Å². The molecule has 0 saturated carbocycles. The van der Waals surface area contributed by atoms with Crippen molar-refractivity contribution in [2.75, 3.05) is 26.2 Å². The molecule has 1 aliphatic heterocycles. The maximum absolute atomic E-state index is 12.8. The van der Waals surface area contributed by atoms with Crippen LogP contribution >= 0.6 is 0 Å². The van der Waals surface area contributed by atoms with Crippen LogP contribution in [0.25, 0.3) is 11.0 Å². The van der Waals surface area contributed by atoms with Crippen molar-refractivity contribution >= 4 is 22.8 Å². The maximum Gasteiger partial charge on any atom is 0.254 e. The monoisotopic (exact) mass is 377 g/mol. The van der Waals surface area contributed by atoms with Crippen LogP contribution in [-0.2, 0) is 13.5 Å². The zero-order valence-electron chi connectivity index (χ0n) is 16.1. The van der Waals surface area contributed by atoms with Gasteiger partial charge in [0, 0.05) is 44.4 Å². The van der Waals surface area contributed by atoms with Gasteiger partial charge in [0.2, 0.25) is 0 Å². The predicted octanol–water partition coefficient (Wildman–Crippen LogP) is 2.13. The lowest BCUT2D eigenvalue weighted by atomic mass is 10.1. The fourth-order valence-corrected chi connectivity index (χ4v) is 3.53. The lowest BCUT2D eigenvalue weighted by Gasteiger charge is -2.35. The topological polar surface area (TPSA) is 71.3 Å². The van der Waals surface area contributed by atoms with Crippen LogP contribution < -0.4 is 0 Å². The molecule has 28 heavy (non-hydrogen) atoms. The Hall–Kier alpha value is -3.22. The molecule has 144 valence electrons. The van der Waals surface area contributed by atoms with Gasteiger partial charge in [-0.05, 0) is 42.3 Å². The number of aromatic nitrogens is 3. The number of aryl methyl sites for hydroxylation is 2. The van der Waals surface area contributed by atoms with Gasteiger partial charge >= 0.3 is 0 Å². The normalized spacial score (nSPS) is 14.5. The Bertz CT molecular complexity index is 1020. The fourth-order valence-electron chi connectivity index (χ4n) is 3.53. The first-order chi connectivity index (χ1) is 13.6. The van der Waals surface area contributed by atoms with E-state index in [1.165, 1.54) is 5.56 Å². The Balaban J connectivity index is 1.41. The van der Waals surface area contributed by atoms with Gasteiger partial charge in [-0.2, -0.15) is 0 Å². The van der Waals surface area contributed by atoms with E-state index in [0.29, 0.717) is 42.8 Å². The summed E-state index contributed by atoms with van der Waals surface area (Å²) in [6.07, 6.45) is 0.954. The van der Waals surface area contributed by atoms with E-state index >= 15 is 0 Å². The molecular weight excluding hydrogens is 354 g/mol. The highest BCUT2D eigenvalue weighted by Gasteiger charge is 2.25. The highest BCUT2D eigenvalue weighted by molar-refractivity contribution is 5.98. The third-order valence-electron chi connectivity index (χ3n) is 5.32. The highest BCUT2D eigenvalue weighted by Crippen LogP contribution is 2.16. The van der Waals surface area contributed by atoms with E-state index in [2.05, 4.69) is 17.2 Å². The van der Waals surface area contributed by atoms with Gasteiger partial charge < -0.3 is 9.80 Å². The molecule has 1 aromatic heterocycles. The van der Waals surface area contributed by atoms with E-state index in [9.17, 15) is 9.59 Å². The van der Waals surface area contributed by atoms with Crippen molar-refractivity contribution in [2.24, 2.45) is 7.05 Å². The summed E-state index contributed by atoms with van der Waals surface area (Å²) in [7, 11) is 1.82. The minimum atomic E-state index is -0.0352. The van der Waals surface area contributed by atoms with Gasteiger partial charge in [-0.25, -0.2) is 4.68 Å². The van der Waals surface area contributed by atoms with Crippen LogP contribution in [0.2, 0.25) is 0 Å². The van der Waals surface area contributed by atoms with Crippen LogP contribution in [0.4, 0.5) is 0 Å². The first kappa shape index (κ1) is 18.2. The van der Waals surface area contributed by atoms with Gasteiger partial charge in [0.1, 0.15) is 5.52 Å². The molecular formula is C21H23N5O2. The third kappa shape index (κ3) is 3.35. The van der Waals surface area contributed by atoms with E-state index in [0.717, 1.165) is 11.9 Å². The summed E-state index contributed by atoms with van der Waals surface area (Å²) in [5.41, 5.74) is 4.11. The van der Waals surface area contributed by atoms with Gasteiger partial charge in [-0.15, -0.1) is 5.10 Å². The standard InChI is InChI=1S/C21H23N5O2/c1-3-15-4-6-16(7-5-15)20(27)25-10-12-26(13-11-25)21(28)17-8-9-19-18(14-17)22-23-24(19)2/h4-9,14H,3,10-13H2,1-2H3. The SMILES string of the molecule is CCc1ccc(C(=O)N2CCN(C(=O)c3ccc4c(c3)nnn4C)CC2)cc1. The number of nitrogens with zero attached hydrogens (tertiary/aromatic N) is 5. The summed E-state index contributed by atoms with van der Waals surface area (Å²) in [6.45, 7) is 4.21. The van der Waals surface area contributed by atoms with E-state index in [1.54, 1.807) is 21.7 Å². The van der Waals surface area contributed by atoms with Crippen molar-refractivity contribution in [3.8, 4) is 0 Å². The number of benzene rings is 2. The smallest absolute Gasteiger partial charge is 0.254 e. The van der Waals surface area contributed by atoms with Crippen molar-refractivity contribution in [1.82, 2.24) is 24.8 Å². The summed E-state index contributed by atoms with van der Waals surface area (Å²) < 4.78 is 1.68. The van der Waals surface area contributed by atoms with Crippen LogP contribution in [0.5, 0.6) is 0 Å². The molecule has 1 saturated heterocycles. The van der Waals surface area contributed by atoms with Crippen molar-refractivity contribution in [2.45, 2.75) is 13.3 Å². The molecule has 2 amide bonds. The molecule has 4 rings (SSSR count). The second kappa shape index (κ2) is 7.42. The molecule has 0 N–H and O–H groups in total. The number of piperazine rings is 1. The summed E-state index contributed by atoms with van der Waals surface area (Å²) >= 11 is 0. The molecule has 0 bridgehead atoms. The molecule has 0 radical (unpaired) electrons. The Labute approximate surface area is 163 Å². The van der Waals surface area contributed by atoms with Gasteiger partial charge in [0.05, 0.1) is 5.52 Å². The number of rotatable bonds is 3. The van der Waals surface area contributed by atoms with Crippen molar-refractivity contribution < 1.29 is 9.59 Å². The Morgan fingerprint density at radius 3 is 2.07 bits per heavy atom. The number of hydrogen-bond acceptors (Lipinski definition) is 4. The second-order valence-corrected chi connectivity index (χ2v) is 7.05. The lowest BCUT2D eigenvalue weighted by Crippen LogP contribution is -2.50. The quantitative estimate of drug-likeness (QED) is 0.701. The molecule has 0 spiro atoms. The van der Waals surface area contributed by atoms with Crippen LogP contribution in [0.1, 0.15) is 33.2 Å². The van der Waals surface area contributed by atoms with Crippen molar-refractivity contribution in [3.05, 3.63) is 59.2 Å². The summed E-state index contributed by atoms with van der Waals surface area (Å²) in [5.74, 6) is -0.0114. The first-order valence-corrected chi connectivity index (χ1v) is 9.53. The van der Waals surface area contributed by atoms with Crippen LogP contribution in [0, 0.1) is 0 Å². The highest BCUT2D eigenvalue weighted by atomic mass is 16.2. The van der Waals surface area contributed by atoms with E-state index in [4.69, 9.17) is 0 Å². The average molecular weight is 377 g/mol. The zero-order chi connectivity index (χ0) is 19.7. The van der Waals surface area contributed by atoms with E-state index < -0.39 is 0 Å². The molecule has 2 heterocycles. The zero-order valence-corrected chi connectivity index (χ0v) is 16.1. The molecule has 3 aromatic rings. The number of carbonyl (C=O) groups excluding carboxylic acids is 2. The molecule has 0 atom stereocenters. The largest absolute Gasteiger partial charge is 0.335 e. The Morgan fingerprint density at radius 2 is 1.46 bits per heavy atom. The molecule has 7 nitrogen and oxygen atoms in total. The number of carbonyl (C=O) groups is 2. The first-order valence-electron chi connectivity index (χ1n) is 9.53. The minimum Gasteiger partial charge on any atom is -0.335 e. The Morgan fingerprint density at radius 1 is 0.893 bits per heavy atom. The lowest BCUT2D eigenvalue weighted by molar-refractivity contribution is 0.0535. The molecule has 0 unspecified atom stereocenters. The van der Waals surface area contributed by atoms with E-state index in [-0.39, 0.29) is 11.8 Å². The Kier molecular flexibility index (Phi) is 4.81. The number of amides is 2. The summed E-state index contributed by atoms with van der Waals surface area (Å²) in [5, 5.41) is 8.05.